The van der Waals surface area contributed by atoms with Gasteiger partial charge in [-0.3, -0.25) is 4.79 Å². The highest BCUT2D eigenvalue weighted by atomic mass is 35.5. The second-order valence-electron chi connectivity index (χ2n) is 7.79. The number of carbonyl (C=O) groups is 1. The maximum atomic E-state index is 12.9. The van der Waals surface area contributed by atoms with Gasteiger partial charge in [-0.05, 0) is 25.7 Å². The van der Waals surface area contributed by atoms with Gasteiger partial charge in [0.25, 0.3) is 0 Å². The molecule has 0 radical (unpaired) electrons. The number of ether oxygens (including phenoxy) is 1. The third-order valence-corrected chi connectivity index (χ3v) is 6.25. The van der Waals surface area contributed by atoms with Crippen LogP contribution in [0.5, 0.6) is 0 Å². The highest BCUT2D eigenvalue weighted by Crippen LogP contribution is 2.57. The summed E-state index contributed by atoms with van der Waals surface area (Å²) < 4.78 is 5.89. The monoisotopic (exact) mass is 330 g/mol. The first kappa shape index (κ1) is 18.0. The summed E-state index contributed by atoms with van der Waals surface area (Å²) in [5.74, 6) is 0.248. The average Bonchev–Trinajstić information content (AvgIpc) is 2.75. The van der Waals surface area contributed by atoms with E-state index >= 15 is 0 Å². The van der Waals surface area contributed by atoms with Crippen molar-refractivity contribution in [1.82, 2.24) is 5.32 Å². The van der Waals surface area contributed by atoms with Gasteiger partial charge in [-0.25, -0.2) is 0 Å². The number of nitrogens with two attached hydrogens (primary N) is 1. The van der Waals surface area contributed by atoms with Crippen LogP contribution < -0.4 is 11.1 Å². The molecule has 0 bridgehead atoms. The summed E-state index contributed by atoms with van der Waals surface area (Å²) in [4.78, 5) is 12.9. The first-order chi connectivity index (χ1) is 9.98. The van der Waals surface area contributed by atoms with Gasteiger partial charge in [0.2, 0.25) is 5.91 Å². The number of amides is 1. The molecule has 0 aromatic carbocycles. The van der Waals surface area contributed by atoms with E-state index in [1.165, 1.54) is 25.7 Å². The van der Waals surface area contributed by atoms with E-state index in [-0.39, 0.29) is 35.8 Å². The van der Waals surface area contributed by atoms with E-state index in [2.05, 4.69) is 19.2 Å². The Bertz CT molecular complexity index is 407. The SMILES string of the molecule is CC1(C)C2OCCCC2C1(N)C(=O)NC1CCCCCC1.Cl. The smallest absolute Gasteiger partial charge is 0.241 e. The van der Waals surface area contributed by atoms with Crippen molar-refractivity contribution >= 4 is 18.3 Å². The fourth-order valence-electron chi connectivity index (χ4n) is 4.77. The summed E-state index contributed by atoms with van der Waals surface area (Å²) in [5.41, 5.74) is 5.61. The summed E-state index contributed by atoms with van der Waals surface area (Å²) >= 11 is 0. The summed E-state index contributed by atoms with van der Waals surface area (Å²) in [6.07, 6.45) is 9.43. The van der Waals surface area contributed by atoms with Crippen LogP contribution in [0.25, 0.3) is 0 Å². The van der Waals surface area contributed by atoms with Gasteiger partial charge in [0.15, 0.2) is 0 Å². The molecule has 0 aromatic rings. The van der Waals surface area contributed by atoms with Crippen molar-refractivity contribution < 1.29 is 9.53 Å². The maximum absolute atomic E-state index is 12.9. The molecule has 3 unspecified atom stereocenters. The number of halogens is 1. The van der Waals surface area contributed by atoms with E-state index in [0.717, 1.165) is 32.3 Å². The van der Waals surface area contributed by atoms with Gasteiger partial charge >= 0.3 is 0 Å². The zero-order valence-electron chi connectivity index (χ0n) is 13.9. The lowest BCUT2D eigenvalue weighted by atomic mass is 9.46. The van der Waals surface area contributed by atoms with E-state index in [1.54, 1.807) is 0 Å². The van der Waals surface area contributed by atoms with Gasteiger partial charge in [-0.15, -0.1) is 12.4 Å². The molecule has 3 N–H and O–H groups in total. The van der Waals surface area contributed by atoms with Crippen LogP contribution in [0.4, 0.5) is 0 Å². The lowest BCUT2D eigenvalue weighted by molar-refractivity contribution is -0.225. The number of fused-ring (bicyclic) bond motifs is 1. The molecule has 2 saturated carbocycles. The molecule has 3 fully saturated rings. The van der Waals surface area contributed by atoms with Gasteiger partial charge in [-0.2, -0.15) is 0 Å². The molecule has 5 heteroatoms. The Morgan fingerprint density at radius 2 is 1.73 bits per heavy atom. The van der Waals surface area contributed by atoms with Crippen LogP contribution in [0.1, 0.15) is 65.2 Å². The van der Waals surface area contributed by atoms with Crippen molar-refractivity contribution in [1.29, 1.82) is 0 Å². The van der Waals surface area contributed by atoms with Crippen molar-refractivity contribution in [3.8, 4) is 0 Å². The molecular formula is C17H31ClN2O2. The predicted molar refractivity (Wildman–Crippen MR) is 90.0 cm³/mol. The topological polar surface area (TPSA) is 64.3 Å². The lowest BCUT2D eigenvalue weighted by Crippen LogP contribution is -2.82. The first-order valence-corrected chi connectivity index (χ1v) is 8.69. The van der Waals surface area contributed by atoms with Gasteiger partial charge in [0.1, 0.15) is 5.54 Å². The van der Waals surface area contributed by atoms with E-state index in [4.69, 9.17) is 10.5 Å². The van der Waals surface area contributed by atoms with Crippen molar-refractivity contribution in [2.45, 2.75) is 82.9 Å². The van der Waals surface area contributed by atoms with Crippen LogP contribution in [-0.4, -0.2) is 30.2 Å². The fourth-order valence-corrected chi connectivity index (χ4v) is 4.77. The number of rotatable bonds is 2. The Kier molecular flexibility index (Phi) is 5.46. The molecule has 1 aliphatic heterocycles. The number of hydrogen-bond donors (Lipinski definition) is 2. The van der Waals surface area contributed by atoms with Crippen LogP contribution in [0.3, 0.4) is 0 Å². The van der Waals surface area contributed by atoms with Crippen molar-refractivity contribution in [3.63, 3.8) is 0 Å². The molecule has 1 amide bonds. The Balaban J connectivity index is 0.00000176. The number of hydrogen-bond acceptors (Lipinski definition) is 3. The molecule has 3 aliphatic rings. The third kappa shape index (κ3) is 2.67. The van der Waals surface area contributed by atoms with Crippen molar-refractivity contribution in [2.75, 3.05) is 6.61 Å². The molecule has 1 saturated heterocycles. The average molecular weight is 331 g/mol. The Morgan fingerprint density at radius 1 is 1.09 bits per heavy atom. The molecule has 3 atom stereocenters. The molecule has 22 heavy (non-hydrogen) atoms. The largest absolute Gasteiger partial charge is 0.377 e. The van der Waals surface area contributed by atoms with Crippen molar-refractivity contribution in [3.05, 3.63) is 0 Å². The lowest BCUT2D eigenvalue weighted by Gasteiger charge is -2.65. The molecular weight excluding hydrogens is 300 g/mol. The Labute approximate surface area is 140 Å². The predicted octanol–water partition coefficient (Wildman–Crippen LogP) is 2.78. The standard InChI is InChI=1S/C17H30N2O2.ClH/c1-16(2)14-13(10-7-11-21-14)17(16,18)15(20)19-12-8-5-3-4-6-9-12;/h12-14H,3-11,18H2,1-2H3,(H,19,20);1H. The second kappa shape index (κ2) is 6.66. The maximum Gasteiger partial charge on any atom is 0.241 e. The molecule has 2 aliphatic carbocycles. The zero-order valence-corrected chi connectivity index (χ0v) is 14.7. The minimum absolute atomic E-state index is 0. The van der Waals surface area contributed by atoms with Crippen LogP contribution >= 0.6 is 12.4 Å². The van der Waals surface area contributed by atoms with Gasteiger partial charge in [0.05, 0.1) is 6.10 Å². The Hall–Kier alpha value is -0.320. The van der Waals surface area contributed by atoms with Gasteiger partial charge in [-0.1, -0.05) is 39.5 Å². The minimum Gasteiger partial charge on any atom is -0.377 e. The van der Waals surface area contributed by atoms with Crippen LogP contribution in [-0.2, 0) is 9.53 Å². The minimum atomic E-state index is -0.760. The van der Waals surface area contributed by atoms with Gasteiger partial charge < -0.3 is 15.8 Å². The van der Waals surface area contributed by atoms with E-state index in [9.17, 15) is 4.79 Å². The second-order valence-corrected chi connectivity index (χ2v) is 7.79. The first-order valence-electron chi connectivity index (χ1n) is 8.69. The molecule has 4 nitrogen and oxygen atoms in total. The Morgan fingerprint density at radius 3 is 2.36 bits per heavy atom. The fraction of sp³-hybridized carbons (Fsp3) is 0.941. The van der Waals surface area contributed by atoms with Crippen molar-refractivity contribution in [2.24, 2.45) is 17.1 Å². The summed E-state index contributed by atoms with van der Waals surface area (Å²) in [5, 5.41) is 3.27. The molecule has 128 valence electrons. The zero-order chi connectivity index (χ0) is 15.1. The number of nitrogens with one attached hydrogen (secondary N) is 1. The summed E-state index contributed by atoms with van der Waals surface area (Å²) in [6, 6.07) is 0.319. The van der Waals surface area contributed by atoms with Crippen LogP contribution in [0, 0.1) is 11.3 Å². The molecule has 0 spiro atoms. The van der Waals surface area contributed by atoms with Crippen LogP contribution in [0.15, 0.2) is 0 Å². The summed E-state index contributed by atoms with van der Waals surface area (Å²) in [6.45, 7) is 4.99. The third-order valence-electron chi connectivity index (χ3n) is 6.25. The van der Waals surface area contributed by atoms with E-state index in [0.29, 0.717) is 6.04 Å². The number of carbonyl (C=O) groups excluding carboxylic acids is 1. The highest BCUT2D eigenvalue weighted by molar-refractivity contribution is 5.89. The highest BCUT2D eigenvalue weighted by Gasteiger charge is 2.70. The van der Waals surface area contributed by atoms with E-state index < -0.39 is 5.54 Å². The molecule has 0 aromatic heterocycles. The van der Waals surface area contributed by atoms with Gasteiger partial charge in [0, 0.05) is 24.0 Å². The molecule has 1 heterocycles. The van der Waals surface area contributed by atoms with Crippen LogP contribution in [0.2, 0.25) is 0 Å². The molecule has 3 rings (SSSR count). The normalized spacial score (nSPS) is 38.0. The quantitative estimate of drug-likeness (QED) is 0.765. The van der Waals surface area contributed by atoms with E-state index in [1.807, 2.05) is 0 Å². The summed E-state index contributed by atoms with van der Waals surface area (Å²) in [7, 11) is 0.